The Bertz CT molecular complexity index is 1040. The second kappa shape index (κ2) is 8.01. The highest BCUT2D eigenvalue weighted by atomic mass is 35.5. The molecule has 0 bridgehead atoms. The van der Waals surface area contributed by atoms with Crippen LogP contribution in [0.2, 0.25) is 5.02 Å². The van der Waals surface area contributed by atoms with Gasteiger partial charge in [-0.1, -0.05) is 29.8 Å². The number of amides is 2. The highest BCUT2D eigenvalue weighted by Crippen LogP contribution is 2.43. The van der Waals surface area contributed by atoms with Crippen molar-refractivity contribution >= 4 is 23.4 Å². The smallest absolute Gasteiger partial charge is 0.256 e. The maximum absolute atomic E-state index is 13.6. The molecule has 0 spiro atoms. The van der Waals surface area contributed by atoms with Crippen LogP contribution in [0.15, 0.2) is 67.3 Å². The van der Waals surface area contributed by atoms with Crippen molar-refractivity contribution in [1.29, 1.82) is 0 Å². The van der Waals surface area contributed by atoms with Crippen molar-refractivity contribution in [2.24, 2.45) is 5.73 Å². The number of carbonyl (C=O) groups excluding carboxylic acids is 2. The van der Waals surface area contributed by atoms with E-state index in [2.05, 4.69) is 9.97 Å². The third kappa shape index (κ3) is 3.59. The summed E-state index contributed by atoms with van der Waals surface area (Å²) in [5, 5.41) is 0.663. The molecule has 29 heavy (non-hydrogen) atoms. The van der Waals surface area contributed by atoms with Gasteiger partial charge in [-0.05, 0) is 48.2 Å². The van der Waals surface area contributed by atoms with Gasteiger partial charge < -0.3 is 10.6 Å². The lowest BCUT2D eigenvalue weighted by atomic mass is 9.99. The van der Waals surface area contributed by atoms with Gasteiger partial charge in [0.2, 0.25) is 5.91 Å². The summed E-state index contributed by atoms with van der Waals surface area (Å²) in [6.07, 6.45) is 7.62. The maximum atomic E-state index is 13.6. The third-order valence-corrected chi connectivity index (χ3v) is 5.56. The summed E-state index contributed by atoms with van der Waals surface area (Å²) in [7, 11) is 0. The highest BCUT2D eigenvalue weighted by molar-refractivity contribution is 6.31. The van der Waals surface area contributed by atoms with Crippen molar-refractivity contribution in [2.75, 3.05) is 0 Å². The van der Waals surface area contributed by atoms with Gasteiger partial charge in [0.25, 0.3) is 5.91 Å². The van der Waals surface area contributed by atoms with E-state index in [4.69, 9.17) is 17.3 Å². The summed E-state index contributed by atoms with van der Waals surface area (Å²) in [6.45, 7) is 0. The van der Waals surface area contributed by atoms with Gasteiger partial charge in [-0.2, -0.15) is 0 Å². The number of nitrogens with two attached hydrogens (primary N) is 1. The largest absolute Gasteiger partial charge is 0.368 e. The fourth-order valence-electron chi connectivity index (χ4n) is 3.95. The predicted octanol–water partition coefficient (Wildman–Crippen LogP) is 3.49. The van der Waals surface area contributed by atoms with Crippen molar-refractivity contribution < 1.29 is 9.59 Å². The van der Waals surface area contributed by atoms with Crippen molar-refractivity contribution in [1.82, 2.24) is 14.9 Å². The van der Waals surface area contributed by atoms with E-state index in [9.17, 15) is 9.59 Å². The number of benzene rings is 1. The molecule has 1 aromatic carbocycles. The molecule has 0 radical (unpaired) electrons. The van der Waals surface area contributed by atoms with E-state index in [-0.39, 0.29) is 11.9 Å². The van der Waals surface area contributed by atoms with Crippen LogP contribution in [-0.4, -0.2) is 26.7 Å². The molecule has 2 heterocycles. The van der Waals surface area contributed by atoms with E-state index in [1.54, 1.807) is 47.8 Å². The van der Waals surface area contributed by atoms with Crippen LogP contribution < -0.4 is 5.73 Å². The fraction of sp³-hybridized carbons (Fsp3) is 0.182. The van der Waals surface area contributed by atoms with Crippen LogP contribution in [-0.2, 0) is 11.2 Å². The lowest BCUT2D eigenvalue weighted by Crippen LogP contribution is -2.43. The van der Waals surface area contributed by atoms with Crippen molar-refractivity contribution in [3.05, 3.63) is 94.5 Å². The Morgan fingerprint density at radius 2 is 1.83 bits per heavy atom. The minimum atomic E-state index is -0.966. The van der Waals surface area contributed by atoms with Crippen LogP contribution in [0.4, 0.5) is 0 Å². The van der Waals surface area contributed by atoms with E-state index < -0.39 is 11.9 Å². The number of halogens is 1. The van der Waals surface area contributed by atoms with Crippen molar-refractivity contribution in [3.63, 3.8) is 0 Å². The van der Waals surface area contributed by atoms with Gasteiger partial charge in [0.15, 0.2) is 0 Å². The van der Waals surface area contributed by atoms with Gasteiger partial charge in [0.1, 0.15) is 6.04 Å². The van der Waals surface area contributed by atoms with Crippen LogP contribution in [0.25, 0.3) is 0 Å². The molecule has 2 amide bonds. The Balaban J connectivity index is 1.86. The molecule has 2 N–H and O–H groups in total. The fourth-order valence-corrected chi connectivity index (χ4v) is 4.23. The summed E-state index contributed by atoms with van der Waals surface area (Å²) < 4.78 is 0. The van der Waals surface area contributed by atoms with Crippen LogP contribution in [0.5, 0.6) is 0 Å². The topological polar surface area (TPSA) is 89.2 Å². The SMILES string of the molecule is NC(=O)[C@@H](c1cccnc1)N(C(=O)c1cccnc1)[C@@H]1CCc2c(Cl)cccc21. The number of rotatable bonds is 5. The molecule has 2 aromatic heterocycles. The molecule has 146 valence electrons. The Kier molecular flexibility index (Phi) is 5.27. The summed E-state index contributed by atoms with van der Waals surface area (Å²) in [5.74, 6) is -0.936. The zero-order chi connectivity index (χ0) is 20.4. The van der Waals surface area contributed by atoms with Crippen molar-refractivity contribution in [2.45, 2.75) is 24.9 Å². The monoisotopic (exact) mass is 406 g/mol. The number of primary amides is 1. The Morgan fingerprint density at radius 1 is 1.07 bits per heavy atom. The van der Waals surface area contributed by atoms with E-state index >= 15 is 0 Å². The van der Waals surface area contributed by atoms with Crippen LogP contribution in [0.3, 0.4) is 0 Å². The second-order valence-corrected chi connectivity index (χ2v) is 7.31. The molecule has 0 fully saturated rings. The summed E-state index contributed by atoms with van der Waals surface area (Å²) in [6, 6.07) is 11.2. The van der Waals surface area contributed by atoms with Crippen LogP contribution in [0, 0.1) is 0 Å². The minimum Gasteiger partial charge on any atom is -0.368 e. The summed E-state index contributed by atoms with van der Waals surface area (Å²) in [4.78, 5) is 35.9. The Labute approximate surface area is 173 Å². The number of aromatic nitrogens is 2. The van der Waals surface area contributed by atoms with E-state index in [0.29, 0.717) is 22.6 Å². The molecule has 1 aliphatic rings. The molecule has 0 aliphatic heterocycles. The number of fused-ring (bicyclic) bond motifs is 1. The molecule has 4 rings (SSSR count). The lowest BCUT2D eigenvalue weighted by Gasteiger charge is -2.35. The Hall–Kier alpha value is -3.25. The number of nitrogens with zero attached hydrogens (tertiary/aromatic N) is 3. The van der Waals surface area contributed by atoms with E-state index in [1.807, 2.05) is 18.2 Å². The highest BCUT2D eigenvalue weighted by Gasteiger charge is 2.40. The molecule has 2 atom stereocenters. The second-order valence-electron chi connectivity index (χ2n) is 6.91. The van der Waals surface area contributed by atoms with E-state index in [0.717, 1.165) is 17.5 Å². The number of hydrogen-bond acceptors (Lipinski definition) is 4. The van der Waals surface area contributed by atoms with Gasteiger partial charge in [0.05, 0.1) is 11.6 Å². The molecule has 0 saturated heterocycles. The molecular weight excluding hydrogens is 388 g/mol. The summed E-state index contributed by atoms with van der Waals surface area (Å²) in [5.41, 5.74) is 8.68. The predicted molar refractivity (Wildman–Crippen MR) is 109 cm³/mol. The molecule has 6 nitrogen and oxygen atoms in total. The first-order valence-corrected chi connectivity index (χ1v) is 9.65. The van der Waals surface area contributed by atoms with Gasteiger partial charge in [-0.25, -0.2) is 0 Å². The number of hydrogen-bond donors (Lipinski definition) is 1. The van der Waals surface area contributed by atoms with Gasteiger partial charge in [-0.15, -0.1) is 0 Å². The normalized spacial score (nSPS) is 16.1. The zero-order valence-electron chi connectivity index (χ0n) is 15.5. The average molecular weight is 407 g/mol. The molecular formula is C22H19ClN4O2. The quantitative estimate of drug-likeness (QED) is 0.702. The van der Waals surface area contributed by atoms with Gasteiger partial charge in [0, 0.05) is 35.4 Å². The molecule has 0 saturated carbocycles. The minimum absolute atomic E-state index is 0.316. The Morgan fingerprint density at radius 3 is 2.48 bits per heavy atom. The number of pyridine rings is 2. The van der Waals surface area contributed by atoms with Crippen LogP contribution >= 0.6 is 11.6 Å². The maximum Gasteiger partial charge on any atom is 0.256 e. The first-order valence-electron chi connectivity index (χ1n) is 9.27. The van der Waals surface area contributed by atoms with Crippen molar-refractivity contribution in [3.8, 4) is 0 Å². The molecule has 0 unspecified atom stereocenters. The number of carbonyl (C=O) groups is 2. The molecule has 3 aromatic rings. The molecule has 1 aliphatic carbocycles. The lowest BCUT2D eigenvalue weighted by molar-refractivity contribution is -0.123. The first kappa shape index (κ1) is 19.1. The van der Waals surface area contributed by atoms with Gasteiger partial charge >= 0.3 is 0 Å². The third-order valence-electron chi connectivity index (χ3n) is 5.21. The van der Waals surface area contributed by atoms with E-state index in [1.165, 1.54) is 6.20 Å². The summed E-state index contributed by atoms with van der Waals surface area (Å²) >= 11 is 6.38. The standard InChI is InChI=1S/C22H19ClN4O2/c23-18-7-1-6-17-16(18)8-9-19(17)27(22(29)15-5-3-11-26-13-15)20(21(24)28)14-4-2-10-25-12-14/h1-7,10-13,19-20H,8-9H2,(H2,24,28)/t19-,20-/m1/s1. The zero-order valence-corrected chi connectivity index (χ0v) is 16.3. The average Bonchev–Trinajstić information content (AvgIpc) is 3.17. The first-order chi connectivity index (χ1) is 14.1. The van der Waals surface area contributed by atoms with Crippen LogP contribution in [0.1, 0.15) is 45.6 Å². The van der Waals surface area contributed by atoms with Gasteiger partial charge in [-0.3, -0.25) is 19.6 Å². The molecule has 7 heteroatoms.